The first kappa shape index (κ1) is 24.4. The second kappa shape index (κ2) is 16.5. The van der Waals surface area contributed by atoms with Gasteiger partial charge in [-0.3, -0.25) is 0 Å². The number of rotatable bonds is 3. The Bertz CT molecular complexity index is 402. The van der Waals surface area contributed by atoms with Crippen molar-refractivity contribution in [1.82, 2.24) is 0 Å². The molecule has 1 rings (SSSR count). The highest BCUT2D eigenvalue weighted by Gasteiger charge is 2.04. The minimum atomic E-state index is 0.188. The Balaban J connectivity index is -0.000000478. The number of aromatic hydroxyl groups is 1. The van der Waals surface area contributed by atoms with Crippen LogP contribution in [-0.4, -0.2) is 11.3 Å². The largest absolute Gasteiger partial charge is 0.507 e. The highest BCUT2D eigenvalue weighted by atomic mass is 16.3. The van der Waals surface area contributed by atoms with E-state index in [1.165, 1.54) is 11.8 Å². The number of aryl methyl sites for hydroxylation is 1. The third-order valence-electron chi connectivity index (χ3n) is 2.27. The van der Waals surface area contributed by atoms with E-state index in [1.54, 1.807) is 6.07 Å². The highest BCUT2D eigenvalue weighted by Crippen LogP contribution is 2.23. The number of nitrogens with one attached hydrogen (secondary N) is 1. The summed E-state index contributed by atoms with van der Waals surface area (Å²) >= 11 is 0. The van der Waals surface area contributed by atoms with Crippen LogP contribution in [-0.2, 0) is 6.42 Å². The van der Waals surface area contributed by atoms with Crippen LogP contribution in [0, 0.1) is 5.41 Å². The van der Waals surface area contributed by atoms with Crippen molar-refractivity contribution in [2.45, 2.75) is 68.7 Å². The van der Waals surface area contributed by atoms with Crippen LogP contribution in [0.3, 0.4) is 0 Å². The molecule has 122 valence electrons. The molecule has 0 fully saturated rings. The van der Waals surface area contributed by atoms with Crippen LogP contribution in [0.1, 0.15) is 79.0 Å². The Hall–Kier alpha value is -1.57. The fourth-order valence-electron chi connectivity index (χ4n) is 1.53. The van der Waals surface area contributed by atoms with Gasteiger partial charge < -0.3 is 10.5 Å². The van der Waals surface area contributed by atoms with Gasteiger partial charge in [-0.25, -0.2) is 0 Å². The SMILES string of the molecule is CC.CC.CC.CCc1cc(O)c(C=N)cc1C=C(C)C. The number of phenols is 1. The van der Waals surface area contributed by atoms with Gasteiger partial charge in [0, 0.05) is 11.8 Å². The fraction of sp³-hybridized carbons (Fsp3) is 0.526. The Morgan fingerprint density at radius 2 is 1.48 bits per heavy atom. The summed E-state index contributed by atoms with van der Waals surface area (Å²) in [5.41, 5.74) is 3.99. The van der Waals surface area contributed by atoms with Gasteiger partial charge in [0.15, 0.2) is 0 Å². The molecule has 0 saturated heterocycles. The molecule has 0 spiro atoms. The van der Waals surface area contributed by atoms with E-state index in [2.05, 4.69) is 13.0 Å². The molecule has 0 atom stereocenters. The molecule has 2 nitrogen and oxygen atoms in total. The lowest BCUT2D eigenvalue weighted by molar-refractivity contribution is 0.473. The smallest absolute Gasteiger partial charge is 0.124 e. The third-order valence-corrected chi connectivity index (χ3v) is 2.27. The number of benzene rings is 1. The molecule has 2 N–H and O–H groups in total. The molecular formula is C19H35NO. The maximum Gasteiger partial charge on any atom is 0.124 e. The third kappa shape index (κ3) is 9.89. The van der Waals surface area contributed by atoms with E-state index in [9.17, 15) is 5.11 Å². The normalized spacial score (nSPS) is 7.86. The van der Waals surface area contributed by atoms with E-state index >= 15 is 0 Å². The lowest BCUT2D eigenvalue weighted by atomic mass is 9.99. The van der Waals surface area contributed by atoms with Crippen LogP contribution in [0.15, 0.2) is 17.7 Å². The average molecular weight is 293 g/mol. The quantitative estimate of drug-likeness (QED) is 0.617. The number of hydrogen-bond acceptors (Lipinski definition) is 2. The molecule has 0 aliphatic heterocycles. The molecule has 1 aromatic carbocycles. The van der Waals surface area contributed by atoms with Gasteiger partial charge in [0.05, 0.1) is 0 Å². The predicted octanol–water partition coefficient (Wildman–Crippen LogP) is 6.45. The first-order valence-corrected chi connectivity index (χ1v) is 8.09. The molecule has 0 aliphatic carbocycles. The Morgan fingerprint density at radius 1 is 1.00 bits per heavy atom. The first-order chi connectivity index (χ1) is 10.1. The summed E-state index contributed by atoms with van der Waals surface area (Å²) in [6, 6.07) is 3.60. The zero-order valence-electron chi connectivity index (χ0n) is 15.5. The van der Waals surface area contributed by atoms with Crippen LogP contribution >= 0.6 is 0 Å². The number of hydrogen-bond donors (Lipinski definition) is 2. The van der Waals surface area contributed by atoms with Gasteiger partial charge in [-0.1, -0.05) is 60.1 Å². The van der Waals surface area contributed by atoms with Crippen molar-refractivity contribution in [2.75, 3.05) is 0 Å². The summed E-state index contributed by atoms with van der Waals surface area (Å²) in [7, 11) is 0. The summed E-state index contributed by atoms with van der Waals surface area (Å²) in [4.78, 5) is 0. The van der Waals surface area contributed by atoms with Crippen molar-refractivity contribution in [2.24, 2.45) is 0 Å². The molecular weight excluding hydrogens is 258 g/mol. The minimum absolute atomic E-state index is 0.188. The lowest BCUT2D eigenvalue weighted by Crippen LogP contribution is -1.91. The van der Waals surface area contributed by atoms with E-state index in [0.29, 0.717) is 5.56 Å². The van der Waals surface area contributed by atoms with Crippen LogP contribution in [0.4, 0.5) is 0 Å². The van der Waals surface area contributed by atoms with Gasteiger partial charge in [0.1, 0.15) is 5.75 Å². The number of phenolic OH excluding ortho intramolecular Hbond substituents is 1. The van der Waals surface area contributed by atoms with E-state index in [1.807, 2.05) is 61.5 Å². The Morgan fingerprint density at radius 3 is 1.81 bits per heavy atom. The van der Waals surface area contributed by atoms with Crippen molar-refractivity contribution >= 4 is 12.3 Å². The van der Waals surface area contributed by atoms with Crippen LogP contribution < -0.4 is 0 Å². The van der Waals surface area contributed by atoms with Gasteiger partial charge in [0.25, 0.3) is 0 Å². The second-order valence-corrected chi connectivity index (χ2v) is 3.83. The van der Waals surface area contributed by atoms with E-state index in [-0.39, 0.29) is 5.75 Å². The molecule has 21 heavy (non-hydrogen) atoms. The molecule has 0 radical (unpaired) electrons. The molecule has 0 saturated carbocycles. The Kier molecular flexibility index (Phi) is 19.2. The summed E-state index contributed by atoms with van der Waals surface area (Å²) in [5.74, 6) is 0.188. The van der Waals surface area contributed by atoms with Crippen molar-refractivity contribution in [1.29, 1.82) is 5.41 Å². The molecule has 0 bridgehead atoms. The summed E-state index contributed by atoms with van der Waals surface area (Å²) < 4.78 is 0. The zero-order valence-corrected chi connectivity index (χ0v) is 15.5. The first-order valence-electron chi connectivity index (χ1n) is 8.09. The van der Waals surface area contributed by atoms with Gasteiger partial charge in [0.2, 0.25) is 0 Å². The van der Waals surface area contributed by atoms with Gasteiger partial charge in [-0.15, -0.1) is 0 Å². The Labute approximate surface area is 132 Å². The predicted molar refractivity (Wildman–Crippen MR) is 98.7 cm³/mol. The summed E-state index contributed by atoms with van der Waals surface area (Å²) in [5, 5.41) is 16.8. The van der Waals surface area contributed by atoms with Crippen molar-refractivity contribution in [3.8, 4) is 5.75 Å². The van der Waals surface area contributed by atoms with E-state index < -0.39 is 0 Å². The topological polar surface area (TPSA) is 44.1 Å². The van der Waals surface area contributed by atoms with Crippen LogP contribution in [0.5, 0.6) is 5.75 Å². The monoisotopic (exact) mass is 293 g/mol. The number of allylic oxidation sites excluding steroid dienone is 1. The average Bonchev–Trinajstić information content (AvgIpc) is 2.54. The molecule has 1 aromatic rings. The maximum atomic E-state index is 9.61. The summed E-state index contributed by atoms with van der Waals surface area (Å²) in [6.07, 6.45) is 4.13. The minimum Gasteiger partial charge on any atom is -0.507 e. The van der Waals surface area contributed by atoms with Crippen LogP contribution in [0.25, 0.3) is 6.08 Å². The zero-order chi connectivity index (χ0) is 17.4. The van der Waals surface area contributed by atoms with Crippen molar-refractivity contribution < 1.29 is 5.11 Å². The molecule has 0 aromatic heterocycles. The molecule has 2 heteroatoms. The van der Waals surface area contributed by atoms with E-state index in [0.717, 1.165) is 17.5 Å². The standard InChI is InChI=1S/C13H17NO.3C2H6/c1-4-10-7-13(15)12(8-14)6-11(10)5-9(2)3;3*1-2/h5-8,14-15H,4H2,1-3H3;3*1-2H3. The molecule has 0 unspecified atom stereocenters. The highest BCUT2D eigenvalue weighted by molar-refractivity contribution is 5.83. The van der Waals surface area contributed by atoms with E-state index in [4.69, 9.17) is 5.41 Å². The second-order valence-electron chi connectivity index (χ2n) is 3.83. The van der Waals surface area contributed by atoms with Gasteiger partial charge in [-0.2, -0.15) is 0 Å². The summed E-state index contributed by atoms with van der Waals surface area (Å²) in [6.45, 7) is 18.1. The molecule has 0 amide bonds. The van der Waals surface area contributed by atoms with Crippen molar-refractivity contribution in [3.05, 3.63) is 34.4 Å². The lowest BCUT2D eigenvalue weighted by Gasteiger charge is -2.07. The van der Waals surface area contributed by atoms with Gasteiger partial charge in [-0.05, 0) is 43.5 Å². The van der Waals surface area contributed by atoms with Crippen molar-refractivity contribution in [3.63, 3.8) is 0 Å². The van der Waals surface area contributed by atoms with Gasteiger partial charge >= 0.3 is 0 Å². The molecule has 0 aliphatic rings. The fourth-order valence-corrected chi connectivity index (χ4v) is 1.53. The van der Waals surface area contributed by atoms with Crippen LogP contribution in [0.2, 0.25) is 0 Å². The maximum absolute atomic E-state index is 9.61. The molecule has 0 heterocycles.